The highest BCUT2D eigenvalue weighted by molar-refractivity contribution is 7.99. The van der Waals surface area contributed by atoms with E-state index in [1.54, 1.807) is 11.8 Å². The second-order valence-electron chi connectivity index (χ2n) is 5.88. The molecule has 1 aromatic carbocycles. The molecule has 0 radical (unpaired) electrons. The Kier molecular flexibility index (Phi) is 8.23. The van der Waals surface area contributed by atoms with Gasteiger partial charge in [0.05, 0.1) is 5.02 Å². The third-order valence-electron chi connectivity index (χ3n) is 3.99. The molecular weight excluding hydrogens is 330 g/mol. The Morgan fingerprint density at radius 2 is 2.00 bits per heavy atom. The van der Waals surface area contributed by atoms with Crippen molar-refractivity contribution in [2.75, 3.05) is 52.1 Å². The van der Waals surface area contributed by atoms with Crippen LogP contribution in [0.1, 0.15) is 12.8 Å². The van der Waals surface area contributed by atoms with Gasteiger partial charge in [0.15, 0.2) is 0 Å². The van der Waals surface area contributed by atoms with Crippen LogP contribution in [0, 0.1) is 0 Å². The lowest BCUT2D eigenvalue weighted by Gasteiger charge is -2.32. The average Bonchev–Trinajstić information content (AvgIpc) is 2.55. The number of nitrogens with one attached hydrogen (secondary N) is 1. The summed E-state index contributed by atoms with van der Waals surface area (Å²) in [5.74, 6) is 0.886. The Labute approximate surface area is 148 Å². The SMILES string of the molecule is CN1CCN(CCCNC(=O)CCSc2ccccc2Cl)CC1. The Hall–Kier alpha value is -0.750. The highest BCUT2D eigenvalue weighted by Gasteiger charge is 2.12. The number of benzene rings is 1. The lowest BCUT2D eigenvalue weighted by molar-refractivity contribution is -0.120. The molecular formula is C17H26ClN3OS. The van der Waals surface area contributed by atoms with Crippen molar-refractivity contribution in [2.45, 2.75) is 17.7 Å². The summed E-state index contributed by atoms with van der Waals surface area (Å²) >= 11 is 7.73. The predicted molar refractivity (Wildman–Crippen MR) is 98.4 cm³/mol. The van der Waals surface area contributed by atoms with Crippen molar-refractivity contribution in [3.63, 3.8) is 0 Å². The summed E-state index contributed by atoms with van der Waals surface area (Å²) in [4.78, 5) is 17.7. The molecule has 0 unspecified atom stereocenters. The van der Waals surface area contributed by atoms with Crippen LogP contribution in [0.25, 0.3) is 0 Å². The van der Waals surface area contributed by atoms with Crippen LogP contribution in [0.5, 0.6) is 0 Å². The van der Waals surface area contributed by atoms with Crippen molar-refractivity contribution < 1.29 is 4.79 Å². The molecule has 1 amide bonds. The van der Waals surface area contributed by atoms with Crippen LogP contribution < -0.4 is 5.32 Å². The number of hydrogen-bond acceptors (Lipinski definition) is 4. The summed E-state index contributed by atoms with van der Waals surface area (Å²) in [5, 5.41) is 3.76. The van der Waals surface area contributed by atoms with Crippen molar-refractivity contribution >= 4 is 29.3 Å². The van der Waals surface area contributed by atoms with Gasteiger partial charge >= 0.3 is 0 Å². The van der Waals surface area contributed by atoms with E-state index in [4.69, 9.17) is 11.6 Å². The van der Waals surface area contributed by atoms with Crippen LogP contribution in [0.3, 0.4) is 0 Å². The van der Waals surface area contributed by atoms with E-state index in [2.05, 4.69) is 22.2 Å². The third kappa shape index (κ3) is 7.12. The first-order chi connectivity index (χ1) is 11.1. The van der Waals surface area contributed by atoms with Crippen molar-refractivity contribution in [3.05, 3.63) is 29.3 Å². The van der Waals surface area contributed by atoms with Crippen molar-refractivity contribution in [3.8, 4) is 0 Å². The quantitative estimate of drug-likeness (QED) is 0.574. The van der Waals surface area contributed by atoms with E-state index in [9.17, 15) is 4.79 Å². The van der Waals surface area contributed by atoms with Crippen LogP contribution in [-0.2, 0) is 4.79 Å². The number of halogens is 1. The predicted octanol–water partition coefficient (Wildman–Crippen LogP) is 2.58. The average molecular weight is 356 g/mol. The molecule has 1 aromatic rings. The van der Waals surface area contributed by atoms with Gasteiger partial charge < -0.3 is 15.1 Å². The van der Waals surface area contributed by atoms with Gasteiger partial charge in [0, 0.05) is 49.8 Å². The maximum absolute atomic E-state index is 11.8. The summed E-state index contributed by atoms with van der Waals surface area (Å²) in [6, 6.07) is 7.75. The lowest BCUT2D eigenvalue weighted by Crippen LogP contribution is -2.45. The van der Waals surface area contributed by atoms with Gasteiger partial charge in [0.1, 0.15) is 0 Å². The molecule has 2 rings (SSSR count). The summed E-state index contributed by atoms with van der Waals surface area (Å²) in [5.41, 5.74) is 0. The molecule has 1 N–H and O–H groups in total. The summed E-state index contributed by atoms with van der Waals surface area (Å²) in [6.45, 7) is 6.40. The molecule has 6 heteroatoms. The highest BCUT2D eigenvalue weighted by atomic mass is 35.5. The van der Waals surface area contributed by atoms with Gasteiger partial charge in [0.2, 0.25) is 5.91 Å². The zero-order chi connectivity index (χ0) is 16.5. The Balaban J connectivity index is 1.51. The number of rotatable bonds is 8. The fourth-order valence-electron chi connectivity index (χ4n) is 2.51. The van der Waals surface area contributed by atoms with E-state index in [-0.39, 0.29) is 5.91 Å². The molecule has 0 atom stereocenters. The number of piperazine rings is 1. The minimum atomic E-state index is 0.128. The first-order valence-corrected chi connectivity index (χ1v) is 9.56. The summed E-state index contributed by atoms with van der Waals surface area (Å²) in [6.07, 6.45) is 1.55. The molecule has 0 spiro atoms. The van der Waals surface area contributed by atoms with E-state index < -0.39 is 0 Å². The number of nitrogens with zero attached hydrogens (tertiary/aromatic N) is 2. The molecule has 1 heterocycles. The van der Waals surface area contributed by atoms with Gasteiger partial charge in [0.25, 0.3) is 0 Å². The van der Waals surface area contributed by atoms with Crippen LogP contribution >= 0.6 is 23.4 Å². The fourth-order valence-corrected chi connectivity index (χ4v) is 3.69. The molecule has 1 saturated heterocycles. The molecule has 23 heavy (non-hydrogen) atoms. The minimum absolute atomic E-state index is 0.128. The van der Waals surface area contributed by atoms with E-state index >= 15 is 0 Å². The van der Waals surface area contributed by atoms with E-state index in [1.165, 1.54) is 0 Å². The smallest absolute Gasteiger partial charge is 0.220 e. The van der Waals surface area contributed by atoms with Gasteiger partial charge in [-0.3, -0.25) is 4.79 Å². The monoisotopic (exact) mass is 355 g/mol. The zero-order valence-corrected chi connectivity index (χ0v) is 15.3. The fraction of sp³-hybridized carbons (Fsp3) is 0.588. The molecule has 128 valence electrons. The van der Waals surface area contributed by atoms with E-state index in [0.717, 1.165) is 61.4 Å². The first-order valence-electron chi connectivity index (χ1n) is 8.20. The van der Waals surface area contributed by atoms with Gasteiger partial charge in [-0.25, -0.2) is 0 Å². The Morgan fingerprint density at radius 3 is 2.74 bits per heavy atom. The maximum atomic E-state index is 11.8. The standard InChI is InChI=1S/C17H26ClN3OS/c1-20-10-12-21(13-11-20)9-4-8-19-17(22)7-14-23-16-6-3-2-5-15(16)18/h2-3,5-6H,4,7-14H2,1H3,(H,19,22). The van der Waals surface area contributed by atoms with Gasteiger partial charge in [-0.15, -0.1) is 11.8 Å². The van der Waals surface area contributed by atoms with Crippen molar-refractivity contribution in [1.82, 2.24) is 15.1 Å². The molecule has 0 aliphatic carbocycles. The summed E-state index contributed by atoms with van der Waals surface area (Å²) in [7, 11) is 2.16. The molecule has 0 bridgehead atoms. The second kappa shape index (κ2) is 10.2. The minimum Gasteiger partial charge on any atom is -0.356 e. The first kappa shape index (κ1) is 18.6. The largest absolute Gasteiger partial charge is 0.356 e. The number of carbonyl (C=O) groups excluding carboxylic acids is 1. The number of hydrogen-bond donors (Lipinski definition) is 1. The number of thioether (sulfide) groups is 1. The maximum Gasteiger partial charge on any atom is 0.220 e. The number of amides is 1. The third-order valence-corrected chi connectivity index (χ3v) is 5.51. The van der Waals surface area contributed by atoms with Crippen molar-refractivity contribution in [1.29, 1.82) is 0 Å². The normalized spacial score (nSPS) is 16.4. The van der Waals surface area contributed by atoms with Gasteiger partial charge in [-0.05, 0) is 32.1 Å². The molecule has 1 aliphatic rings. The molecule has 0 saturated carbocycles. The molecule has 1 aliphatic heterocycles. The lowest BCUT2D eigenvalue weighted by atomic mass is 10.3. The molecule has 4 nitrogen and oxygen atoms in total. The zero-order valence-electron chi connectivity index (χ0n) is 13.8. The highest BCUT2D eigenvalue weighted by Crippen LogP contribution is 2.26. The molecule has 0 aromatic heterocycles. The van der Waals surface area contributed by atoms with Gasteiger partial charge in [-0.2, -0.15) is 0 Å². The van der Waals surface area contributed by atoms with E-state index in [0.29, 0.717) is 6.42 Å². The summed E-state index contributed by atoms with van der Waals surface area (Å²) < 4.78 is 0. The van der Waals surface area contributed by atoms with Crippen LogP contribution in [0.2, 0.25) is 5.02 Å². The van der Waals surface area contributed by atoms with Crippen LogP contribution in [-0.4, -0.2) is 67.8 Å². The number of carbonyl (C=O) groups is 1. The number of likely N-dealkylation sites (N-methyl/N-ethyl adjacent to an activating group) is 1. The Morgan fingerprint density at radius 1 is 1.26 bits per heavy atom. The molecule has 1 fully saturated rings. The van der Waals surface area contributed by atoms with Crippen LogP contribution in [0.15, 0.2) is 29.2 Å². The van der Waals surface area contributed by atoms with Gasteiger partial charge in [-0.1, -0.05) is 23.7 Å². The Bertz CT molecular complexity index is 492. The van der Waals surface area contributed by atoms with Crippen LogP contribution in [0.4, 0.5) is 0 Å². The topological polar surface area (TPSA) is 35.6 Å². The van der Waals surface area contributed by atoms with Crippen molar-refractivity contribution in [2.24, 2.45) is 0 Å². The van der Waals surface area contributed by atoms with E-state index in [1.807, 2.05) is 24.3 Å². The second-order valence-corrected chi connectivity index (χ2v) is 7.42.